The molecule has 1 aromatic heterocycles. The van der Waals surface area contributed by atoms with Gasteiger partial charge in [-0.3, -0.25) is 4.79 Å². The molecule has 0 bridgehead atoms. The topological polar surface area (TPSA) is 59.8 Å². The molecule has 0 spiro atoms. The van der Waals surface area contributed by atoms with Crippen LogP contribution in [0.2, 0.25) is 0 Å². The van der Waals surface area contributed by atoms with E-state index in [9.17, 15) is 9.18 Å². The molecule has 1 N–H and O–H groups in total. The zero-order valence-electron chi connectivity index (χ0n) is 15.0. The van der Waals surface area contributed by atoms with Crippen LogP contribution in [0.3, 0.4) is 0 Å². The Bertz CT molecular complexity index is 918. The third-order valence-electron chi connectivity index (χ3n) is 4.17. The third kappa shape index (κ3) is 4.14. The third-order valence-corrected chi connectivity index (χ3v) is 4.17. The Labute approximate surface area is 151 Å². The summed E-state index contributed by atoms with van der Waals surface area (Å²) < 4.78 is 15.1. The van der Waals surface area contributed by atoms with Crippen molar-refractivity contribution in [3.63, 3.8) is 0 Å². The van der Waals surface area contributed by atoms with Gasteiger partial charge in [0.1, 0.15) is 17.5 Å². The maximum Gasteiger partial charge on any atom is 0.229 e. The minimum absolute atomic E-state index is 0.0870. The van der Waals surface area contributed by atoms with Crippen LogP contribution in [-0.4, -0.2) is 20.7 Å². The predicted molar refractivity (Wildman–Crippen MR) is 99.1 cm³/mol. The molecule has 26 heavy (non-hydrogen) atoms. The SMILES string of the molecule is Cc1nc(C)n(CC(C)C(=O)Nc2ccc(-c3cccc(F)c3)cc2)n1. The van der Waals surface area contributed by atoms with Crippen LogP contribution in [0, 0.1) is 25.6 Å². The van der Waals surface area contributed by atoms with Crippen LogP contribution in [0.5, 0.6) is 0 Å². The number of benzene rings is 2. The van der Waals surface area contributed by atoms with Crippen LogP contribution in [0.25, 0.3) is 11.1 Å². The van der Waals surface area contributed by atoms with E-state index in [4.69, 9.17) is 0 Å². The Morgan fingerprint density at radius 3 is 2.50 bits per heavy atom. The molecule has 3 rings (SSSR count). The van der Waals surface area contributed by atoms with E-state index in [1.165, 1.54) is 12.1 Å². The van der Waals surface area contributed by atoms with Crippen molar-refractivity contribution in [2.45, 2.75) is 27.3 Å². The average molecular weight is 352 g/mol. The van der Waals surface area contributed by atoms with Gasteiger partial charge in [0, 0.05) is 5.69 Å². The van der Waals surface area contributed by atoms with Crippen molar-refractivity contribution >= 4 is 11.6 Å². The Hall–Kier alpha value is -3.02. The number of carbonyl (C=O) groups excluding carboxylic acids is 1. The second-order valence-corrected chi connectivity index (χ2v) is 6.37. The van der Waals surface area contributed by atoms with Crippen molar-refractivity contribution in [1.29, 1.82) is 0 Å². The second kappa shape index (κ2) is 7.47. The van der Waals surface area contributed by atoms with Gasteiger partial charge >= 0.3 is 0 Å². The number of aromatic nitrogens is 3. The van der Waals surface area contributed by atoms with Crippen LogP contribution >= 0.6 is 0 Å². The zero-order chi connectivity index (χ0) is 18.7. The molecular weight excluding hydrogens is 331 g/mol. The summed E-state index contributed by atoms with van der Waals surface area (Å²) in [6.45, 7) is 6.02. The maximum absolute atomic E-state index is 13.3. The lowest BCUT2D eigenvalue weighted by molar-refractivity contribution is -0.119. The number of anilines is 1. The molecule has 0 aliphatic carbocycles. The molecule has 1 atom stereocenters. The number of nitrogens with zero attached hydrogens (tertiary/aromatic N) is 3. The van der Waals surface area contributed by atoms with Crippen molar-refractivity contribution in [3.05, 3.63) is 66.0 Å². The normalized spacial score (nSPS) is 12.0. The standard InChI is InChI=1S/C20H21FN4O/c1-13(12-25-15(3)22-14(2)24-25)20(26)23-19-9-7-16(8-10-19)17-5-4-6-18(21)11-17/h4-11,13H,12H2,1-3H3,(H,23,26). The van der Waals surface area contributed by atoms with Crippen LogP contribution < -0.4 is 5.32 Å². The fourth-order valence-electron chi connectivity index (χ4n) is 2.76. The van der Waals surface area contributed by atoms with Gasteiger partial charge in [-0.2, -0.15) is 5.10 Å². The summed E-state index contributed by atoms with van der Waals surface area (Å²) in [5, 5.41) is 7.19. The van der Waals surface area contributed by atoms with E-state index in [0.717, 1.165) is 17.0 Å². The summed E-state index contributed by atoms with van der Waals surface area (Å²) >= 11 is 0. The first-order valence-electron chi connectivity index (χ1n) is 8.47. The summed E-state index contributed by atoms with van der Waals surface area (Å²) in [6.07, 6.45) is 0. The molecule has 0 fully saturated rings. The minimum Gasteiger partial charge on any atom is -0.326 e. The van der Waals surface area contributed by atoms with Gasteiger partial charge in [0.15, 0.2) is 0 Å². The molecule has 0 saturated heterocycles. The number of rotatable bonds is 5. The molecule has 3 aromatic rings. The smallest absolute Gasteiger partial charge is 0.229 e. The van der Waals surface area contributed by atoms with E-state index >= 15 is 0 Å². The van der Waals surface area contributed by atoms with E-state index in [-0.39, 0.29) is 17.6 Å². The fourth-order valence-corrected chi connectivity index (χ4v) is 2.76. The molecule has 0 aliphatic rings. The van der Waals surface area contributed by atoms with Crippen LogP contribution in [0.15, 0.2) is 48.5 Å². The highest BCUT2D eigenvalue weighted by Gasteiger charge is 2.16. The molecule has 1 amide bonds. The van der Waals surface area contributed by atoms with Gasteiger partial charge in [0.25, 0.3) is 0 Å². The number of hydrogen-bond donors (Lipinski definition) is 1. The first-order valence-corrected chi connectivity index (χ1v) is 8.47. The van der Waals surface area contributed by atoms with Gasteiger partial charge in [-0.1, -0.05) is 31.2 Å². The van der Waals surface area contributed by atoms with Gasteiger partial charge < -0.3 is 5.32 Å². The van der Waals surface area contributed by atoms with Crippen LogP contribution in [0.1, 0.15) is 18.6 Å². The highest BCUT2D eigenvalue weighted by atomic mass is 19.1. The molecule has 134 valence electrons. The molecular formula is C20H21FN4O. The van der Waals surface area contributed by atoms with Gasteiger partial charge in [-0.25, -0.2) is 14.1 Å². The first-order chi connectivity index (χ1) is 12.4. The molecule has 1 heterocycles. The number of carbonyl (C=O) groups is 1. The summed E-state index contributed by atoms with van der Waals surface area (Å²) in [7, 11) is 0. The quantitative estimate of drug-likeness (QED) is 0.756. The maximum atomic E-state index is 13.3. The number of halogens is 1. The number of nitrogens with one attached hydrogen (secondary N) is 1. The van der Waals surface area contributed by atoms with Gasteiger partial charge in [-0.05, 0) is 49.2 Å². The number of amides is 1. The molecule has 5 nitrogen and oxygen atoms in total. The van der Waals surface area contributed by atoms with Gasteiger partial charge in [0.05, 0.1) is 12.5 Å². The summed E-state index contributed by atoms with van der Waals surface area (Å²) in [5.41, 5.74) is 2.39. The first kappa shape index (κ1) is 17.8. The van der Waals surface area contributed by atoms with Crippen molar-refractivity contribution in [1.82, 2.24) is 14.8 Å². The summed E-state index contributed by atoms with van der Waals surface area (Å²) in [4.78, 5) is 16.7. The predicted octanol–water partition coefficient (Wildman–Crippen LogP) is 3.98. The van der Waals surface area contributed by atoms with E-state index in [2.05, 4.69) is 15.4 Å². The molecule has 0 aliphatic heterocycles. The number of aryl methyl sites for hydroxylation is 2. The van der Waals surface area contributed by atoms with Crippen molar-refractivity contribution in [2.24, 2.45) is 5.92 Å². The van der Waals surface area contributed by atoms with E-state index < -0.39 is 0 Å². The lowest BCUT2D eigenvalue weighted by Gasteiger charge is -2.13. The van der Waals surface area contributed by atoms with Gasteiger partial charge in [-0.15, -0.1) is 0 Å². The summed E-state index contributed by atoms with van der Waals surface area (Å²) in [6, 6.07) is 13.8. The molecule has 0 saturated carbocycles. The van der Waals surface area contributed by atoms with Crippen LogP contribution in [0.4, 0.5) is 10.1 Å². The Kier molecular flexibility index (Phi) is 5.11. The molecule has 0 radical (unpaired) electrons. The van der Waals surface area contributed by atoms with E-state index in [1.807, 2.05) is 51.1 Å². The largest absolute Gasteiger partial charge is 0.326 e. The molecule has 6 heteroatoms. The molecule has 1 unspecified atom stereocenters. The van der Waals surface area contributed by atoms with Gasteiger partial charge in [0.2, 0.25) is 5.91 Å². The van der Waals surface area contributed by atoms with E-state index in [1.54, 1.807) is 10.7 Å². The van der Waals surface area contributed by atoms with E-state index in [0.29, 0.717) is 18.1 Å². The summed E-state index contributed by atoms with van der Waals surface area (Å²) in [5.74, 6) is 0.880. The van der Waals surface area contributed by atoms with Crippen molar-refractivity contribution in [3.8, 4) is 11.1 Å². The Morgan fingerprint density at radius 2 is 1.88 bits per heavy atom. The molecule has 2 aromatic carbocycles. The fraction of sp³-hybridized carbons (Fsp3) is 0.250. The zero-order valence-corrected chi connectivity index (χ0v) is 15.0. The minimum atomic E-state index is -0.271. The lowest BCUT2D eigenvalue weighted by Crippen LogP contribution is -2.25. The highest BCUT2D eigenvalue weighted by Crippen LogP contribution is 2.22. The second-order valence-electron chi connectivity index (χ2n) is 6.37. The Morgan fingerprint density at radius 1 is 1.15 bits per heavy atom. The lowest BCUT2D eigenvalue weighted by atomic mass is 10.1. The van der Waals surface area contributed by atoms with Crippen molar-refractivity contribution in [2.75, 3.05) is 5.32 Å². The van der Waals surface area contributed by atoms with Crippen molar-refractivity contribution < 1.29 is 9.18 Å². The monoisotopic (exact) mass is 352 g/mol. The average Bonchev–Trinajstić information content (AvgIpc) is 2.92. The Balaban J connectivity index is 1.64. The van der Waals surface area contributed by atoms with Crippen LogP contribution in [-0.2, 0) is 11.3 Å². The number of hydrogen-bond acceptors (Lipinski definition) is 3. The highest BCUT2D eigenvalue weighted by molar-refractivity contribution is 5.92.